The van der Waals surface area contributed by atoms with Crippen molar-refractivity contribution in [1.29, 1.82) is 0 Å². The van der Waals surface area contributed by atoms with Crippen LogP contribution in [0.5, 0.6) is 0 Å². The van der Waals surface area contributed by atoms with Crippen LogP contribution < -0.4 is 5.73 Å². The average molecular weight is 401 g/mol. The number of nitrogens with zero attached hydrogens (tertiary/aromatic N) is 3. The number of sulfonamides is 1. The maximum absolute atomic E-state index is 12.7. The molecule has 0 bridgehead atoms. The highest BCUT2D eigenvalue weighted by molar-refractivity contribution is 7.88. The lowest BCUT2D eigenvalue weighted by Crippen LogP contribution is -2.43. The quantitative estimate of drug-likeness (QED) is 0.547. The SMILES string of the molecule is CC(C)[C@H]1C(=O)N(S(C)(=O)=O)[C@H]2CCN(C(=O)/C=C/CN(C)CC(N)=O)[C@H]12. The third-order valence-corrected chi connectivity index (χ3v) is 6.22. The van der Waals surface area contributed by atoms with Gasteiger partial charge in [-0.1, -0.05) is 19.9 Å². The molecule has 152 valence electrons. The maximum atomic E-state index is 12.7. The van der Waals surface area contributed by atoms with Gasteiger partial charge in [0.1, 0.15) is 0 Å². The number of carbonyl (C=O) groups excluding carboxylic acids is 3. The molecule has 27 heavy (non-hydrogen) atoms. The first-order valence-electron chi connectivity index (χ1n) is 8.92. The fourth-order valence-electron chi connectivity index (χ4n) is 4.05. The number of hydrogen-bond donors (Lipinski definition) is 1. The number of hydrogen-bond acceptors (Lipinski definition) is 6. The van der Waals surface area contributed by atoms with Gasteiger partial charge in [-0.15, -0.1) is 0 Å². The third kappa shape index (κ3) is 4.49. The van der Waals surface area contributed by atoms with Crippen LogP contribution in [0.25, 0.3) is 0 Å². The van der Waals surface area contributed by atoms with E-state index < -0.39 is 39.8 Å². The summed E-state index contributed by atoms with van der Waals surface area (Å²) in [5.74, 6) is -1.77. The molecule has 2 N–H and O–H groups in total. The van der Waals surface area contributed by atoms with Gasteiger partial charge < -0.3 is 10.6 Å². The van der Waals surface area contributed by atoms with E-state index in [1.165, 1.54) is 6.08 Å². The minimum absolute atomic E-state index is 0.0835. The number of fused-ring (bicyclic) bond motifs is 1. The van der Waals surface area contributed by atoms with Crippen LogP contribution in [0.15, 0.2) is 12.2 Å². The third-order valence-electron chi connectivity index (χ3n) is 5.05. The van der Waals surface area contributed by atoms with Gasteiger partial charge in [-0.25, -0.2) is 12.7 Å². The molecule has 0 aliphatic carbocycles. The molecular formula is C17H28N4O5S. The van der Waals surface area contributed by atoms with Crippen LogP contribution >= 0.6 is 0 Å². The lowest BCUT2D eigenvalue weighted by atomic mass is 9.88. The van der Waals surface area contributed by atoms with Gasteiger partial charge in [0.25, 0.3) is 0 Å². The molecular weight excluding hydrogens is 372 g/mol. The number of likely N-dealkylation sites (tertiary alicyclic amines) is 1. The van der Waals surface area contributed by atoms with Crippen molar-refractivity contribution < 1.29 is 22.8 Å². The Labute approximate surface area is 160 Å². The highest BCUT2D eigenvalue weighted by Gasteiger charge is 2.58. The predicted molar refractivity (Wildman–Crippen MR) is 99.8 cm³/mol. The van der Waals surface area contributed by atoms with Crippen LogP contribution in [0.2, 0.25) is 0 Å². The predicted octanol–water partition coefficient (Wildman–Crippen LogP) is -0.997. The minimum Gasteiger partial charge on any atom is -0.369 e. The van der Waals surface area contributed by atoms with E-state index in [0.29, 0.717) is 19.5 Å². The second-order valence-corrected chi connectivity index (χ2v) is 9.47. The number of carbonyl (C=O) groups is 3. The van der Waals surface area contributed by atoms with Crippen LogP contribution in [0.3, 0.4) is 0 Å². The summed E-state index contributed by atoms with van der Waals surface area (Å²) in [5.41, 5.74) is 5.12. The summed E-state index contributed by atoms with van der Waals surface area (Å²) < 4.78 is 25.2. The second kappa shape index (κ2) is 7.97. The summed E-state index contributed by atoms with van der Waals surface area (Å²) in [4.78, 5) is 39.5. The Bertz CT molecular complexity index is 748. The normalized spacial score (nSPS) is 25.9. The molecule has 0 aromatic rings. The van der Waals surface area contributed by atoms with E-state index in [1.807, 2.05) is 13.8 Å². The van der Waals surface area contributed by atoms with Crippen molar-refractivity contribution in [3.63, 3.8) is 0 Å². The van der Waals surface area contributed by atoms with Crippen molar-refractivity contribution in [3.05, 3.63) is 12.2 Å². The van der Waals surface area contributed by atoms with E-state index in [4.69, 9.17) is 5.73 Å². The summed E-state index contributed by atoms with van der Waals surface area (Å²) >= 11 is 0. The lowest BCUT2D eigenvalue weighted by Gasteiger charge is -2.28. The average Bonchev–Trinajstić information content (AvgIpc) is 3.01. The van der Waals surface area contributed by atoms with E-state index in [1.54, 1.807) is 22.9 Å². The van der Waals surface area contributed by atoms with E-state index in [9.17, 15) is 22.8 Å². The van der Waals surface area contributed by atoms with Gasteiger partial charge in [-0.05, 0) is 19.4 Å². The Morgan fingerprint density at radius 3 is 2.52 bits per heavy atom. The highest BCUT2D eigenvalue weighted by atomic mass is 32.2. The smallest absolute Gasteiger partial charge is 0.246 e. The van der Waals surface area contributed by atoms with Crippen molar-refractivity contribution in [3.8, 4) is 0 Å². The molecule has 2 heterocycles. The molecule has 2 fully saturated rings. The molecule has 0 radical (unpaired) electrons. The molecule has 2 aliphatic rings. The molecule has 0 saturated carbocycles. The van der Waals surface area contributed by atoms with Gasteiger partial charge in [0.05, 0.1) is 30.8 Å². The van der Waals surface area contributed by atoms with Crippen LogP contribution in [0.4, 0.5) is 0 Å². The second-order valence-electron chi connectivity index (χ2n) is 7.61. The molecule has 0 unspecified atom stereocenters. The standard InChI is InChI=1S/C17H28N4O5S/c1-11(2)15-16-12(21(17(15)24)27(4,25)26)7-9-20(16)14(23)6-5-8-19(3)10-13(18)22/h5-6,11-12,15-16H,7-10H2,1-4H3,(H2,18,22)/b6-5+/t12-,15+,16-/m0/s1. The fourth-order valence-corrected chi connectivity index (χ4v) is 5.22. The molecule has 0 aromatic heterocycles. The minimum atomic E-state index is -3.68. The molecule has 0 spiro atoms. The zero-order valence-corrected chi connectivity index (χ0v) is 17.0. The van der Waals surface area contributed by atoms with Crippen molar-refractivity contribution in [2.75, 3.05) is 32.9 Å². The molecule has 2 aliphatic heterocycles. The zero-order chi connectivity index (χ0) is 20.5. The van der Waals surface area contributed by atoms with Gasteiger partial charge in [-0.3, -0.25) is 19.3 Å². The van der Waals surface area contributed by atoms with Crippen molar-refractivity contribution >= 4 is 27.7 Å². The summed E-state index contributed by atoms with van der Waals surface area (Å²) in [7, 11) is -1.98. The van der Waals surface area contributed by atoms with Crippen LogP contribution in [0.1, 0.15) is 20.3 Å². The van der Waals surface area contributed by atoms with E-state index in [0.717, 1.165) is 10.6 Å². The first-order valence-corrected chi connectivity index (χ1v) is 10.8. The number of amides is 3. The Hall–Kier alpha value is -1.94. The van der Waals surface area contributed by atoms with E-state index in [-0.39, 0.29) is 18.4 Å². The number of primary amides is 1. The zero-order valence-electron chi connectivity index (χ0n) is 16.2. The van der Waals surface area contributed by atoms with Crippen molar-refractivity contribution in [2.24, 2.45) is 17.6 Å². The summed E-state index contributed by atoms with van der Waals surface area (Å²) in [6.07, 6.45) is 4.51. The Balaban J connectivity index is 2.16. The van der Waals surface area contributed by atoms with E-state index >= 15 is 0 Å². The Morgan fingerprint density at radius 2 is 2.00 bits per heavy atom. The van der Waals surface area contributed by atoms with Crippen LogP contribution in [0, 0.1) is 11.8 Å². The van der Waals surface area contributed by atoms with Crippen LogP contribution in [-0.4, -0.2) is 85.3 Å². The monoisotopic (exact) mass is 400 g/mol. The van der Waals surface area contributed by atoms with Gasteiger partial charge in [-0.2, -0.15) is 0 Å². The van der Waals surface area contributed by atoms with Gasteiger partial charge in [0.2, 0.25) is 27.7 Å². The first-order chi connectivity index (χ1) is 12.4. The molecule has 3 amide bonds. The van der Waals surface area contributed by atoms with Crippen molar-refractivity contribution in [1.82, 2.24) is 14.1 Å². The van der Waals surface area contributed by atoms with Gasteiger partial charge >= 0.3 is 0 Å². The largest absolute Gasteiger partial charge is 0.369 e. The first kappa shape index (κ1) is 21.4. The van der Waals surface area contributed by atoms with Gasteiger partial charge in [0.15, 0.2) is 0 Å². The number of likely N-dealkylation sites (N-methyl/N-ethyl adjacent to an activating group) is 1. The number of nitrogens with two attached hydrogens (primary N) is 1. The molecule has 0 aromatic carbocycles. The molecule has 3 atom stereocenters. The van der Waals surface area contributed by atoms with Gasteiger partial charge in [0, 0.05) is 19.2 Å². The van der Waals surface area contributed by atoms with Crippen molar-refractivity contribution in [2.45, 2.75) is 32.4 Å². The molecule has 2 saturated heterocycles. The maximum Gasteiger partial charge on any atom is 0.246 e. The summed E-state index contributed by atoms with van der Waals surface area (Å²) in [6.45, 7) is 4.58. The summed E-state index contributed by atoms with van der Waals surface area (Å²) in [5, 5.41) is 0. The van der Waals surface area contributed by atoms with E-state index in [2.05, 4.69) is 0 Å². The molecule has 9 nitrogen and oxygen atoms in total. The lowest BCUT2D eigenvalue weighted by molar-refractivity contribution is -0.131. The molecule has 2 rings (SSSR count). The summed E-state index contributed by atoms with van der Waals surface area (Å²) in [6, 6.07) is -0.956. The Kier molecular flexibility index (Phi) is 6.31. The Morgan fingerprint density at radius 1 is 1.37 bits per heavy atom. The molecule has 10 heteroatoms. The fraction of sp³-hybridized carbons (Fsp3) is 0.706. The van der Waals surface area contributed by atoms with Crippen LogP contribution in [-0.2, 0) is 24.4 Å². The number of rotatable bonds is 7. The highest BCUT2D eigenvalue weighted by Crippen LogP contribution is 2.41. The topological polar surface area (TPSA) is 121 Å².